The molecule has 1 atom stereocenters. The highest BCUT2D eigenvalue weighted by Crippen LogP contribution is 2.31. The van der Waals surface area contributed by atoms with Crippen molar-refractivity contribution in [3.63, 3.8) is 0 Å². The van der Waals surface area contributed by atoms with Crippen LogP contribution in [0.25, 0.3) is 0 Å². The molecule has 1 aromatic heterocycles. The Balaban J connectivity index is 1.60. The summed E-state index contributed by atoms with van der Waals surface area (Å²) < 4.78 is 6.43. The number of carbonyl (C=O) groups excluding carboxylic acids is 2. The Labute approximate surface area is 210 Å². The molecule has 0 bridgehead atoms. The minimum atomic E-state index is -0.341. The van der Waals surface area contributed by atoms with Gasteiger partial charge in [-0.25, -0.2) is 0 Å². The quantitative estimate of drug-likeness (QED) is 0.516. The third kappa shape index (κ3) is 5.99. The number of benzene rings is 2. The van der Waals surface area contributed by atoms with Crippen LogP contribution in [0, 0.1) is 0 Å². The van der Waals surface area contributed by atoms with Gasteiger partial charge in [-0.05, 0) is 62.9 Å². The summed E-state index contributed by atoms with van der Waals surface area (Å²) in [6, 6.07) is 16.2. The second-order valence-corrected chi connectivity index (χ2v) is 9.42. The molecule has 1 N–H and O–H groups in total. The lowest BCUT2D eigenvalue weighted by Crippen LogP contribution is -2.45. The number of hydrogen-bond acceptors (Lipinski definition) is 5. The molecule has 1 aliphatic heterocycles. The van der Waals surface area contributed by atoms with Crippen LogP contribution >= 0.6 is 11.6 Å². The maximum Gasteiger partial charge on any atom is 0.259 e. The number of anilines is 1. The van der Waals surface area contributed by atoms with E-state index < -0.39 is 0 Å². The molecule has 0 saturated heterocycles. The zero-order valence-electron chi connectivity index (χ0n) is 20.1. The highest BCUT2D eigenvalue weighted by molar-refractivity contribution is 6.30. The van der Waals surface area contributed by atoms with Gasteiger partial charge in [-0.15, -0.1) is 0 Å². The highest BCUT2D eigenvalue weighted by atomic mass is 35.5. The molecule has 0 spiro atoms. The molecular weight excluding hydrogens is 464 g/mol. The maximum atomic E-state index is 13.4. The third-order valence-corrected chi connectivity index (χ3v) is 6.13. The van der Waals surface area contributed by atoms with E-state index in [1.165, 1.54) is 0 Å². The first-order chi connectivity index (χ1) is 16.8. The van der Waals surface area contributed by atoms with Crippen molar-refractivity contribution in [3.8, 4) is 5.75 Å². The fourth-order valence-corrected chi connectivity index (χ4v) is 4.29. The molecule has 2 amide bonds. The number of likely N-dealkylation sites (N-methyl/N-ethyl adjacent to an activating group) is 1. The summed E-state index contributed by atoms with van der Waals surface area (Å²) in [5, 5.41) is 3.56. The predicted molar refractivity (Wildman–Crippen MR) is 137 cm³/mol. The minimum Gasteiger partial charge on any atom is -0.486 e. The Hall–Kier alpha value is -3.42. The molecule has 7 nitrogen and oxygen atoms in total. The number of rotatable bonds is 7. The van der Waals surface area contributed by atoms with Crippen LogP contribution in [0.15, 0.2) is 67.0 Å². The van der Waals surface area contributed by atoms with E-state index >= 15 is 0 Å². The number of aromatic nitrogens is 1. The van der Waals surface area contributed by atoms with Crippen LogP contribution in [-0.4, -0.2) is 58.9 Å². The maximum absolute atomic E-state index is 13.4. The summed E-state index contributed by atoms with van der Waals surface area (Å²) in [6.07, 6.45) is 2.89. The molecule has 2 heterocycles. The number of fused-ring (bicyclic) bond motifs is 1. The zero-order chi connectivity index (χ0) is 24.9. The molecule has 0 saturated carbocycles. The Bertz CT molecular complexity index is 1180. The number of nitrogens with zero attached hydrogens (tertiary/aromatic N) is 3. The van der Waals surface area contributed by atoms with Crippen molar-refractivity contribution in [2.24, 2.45) is 0 Å². The summed E-state index contributed by atoms with van der Waals surface area (Å²) >= 11 is 6.01. The van der Waals surface area contributed by atoms with Gasteiger partial charge in [0.15, 0.2) is 0 Å². The van der Waals surface area contributed by atoms with Gasteiger partial charge in [0.25, 0.3) is 11.8 Å². The van der Waals surface area contributed by atoms with Crippen LogP contribution in [-0.2, 0) is 6.54 Å². The second kappa shape index (κ2) is 10.9. The number of ether oxygens (including phenoxy) is 1. The smallest absolute Gasteiger partial charge is 0.259 e. The van der Waals surface area contributed by atoms with Crippen molar-refractivity contribution in [1.82, 2.24) is 14.8 Å². The molecule has 1 aliphatic rings. The lowest BCUT2D eigenvalue weighted by molar-refractivity contribution is 0.0602. The predicted octanol–water partition coefficient (Wildman–Crippen LogP) is 4.73. The average molecular weight is 493 g/mol. The number of carbonyl (C=O) groups is 2. The van der Waals surface area contributed by atoms with Crippen molar-refractivity contribution < 1.29 is 14.3 Å². The van der Waals surface area contributed by atoms with E-state index in [0.29, 0.717) is 47.2 Å². The van der Waals surface area contributed by atoms with E-state index in [-0.39, 0.29) is 24.0 Å². The van der Waals surface area contributed by atoms with Crippen LogP contribution in [0.2, 0.25) is 5.02 Å². The summed E-state index contributed by atoms with van der Waals surface area (Å²) in [5.41, 5.74) is 2.46. The van der Waals surface area contributed by atoms with Crippen molar-refractivity contribution in [3.05, 3.63) is 88.7 Å². The number of halogens is 1. The Morgan fingerprint density at radius 1 is 1.17 bits per heavy atom. The minimum absolute atomic E-state index is 0.0181. The molecule has 2 aromatic carbocycles. The Morgan fingerprint density at radius 3 is 2.57 bits per heavy atom. The topological polar surface area (TPSA) is 74.8 Å². The monoisotopic (exact) mass is 492 g/mol. The lowest BCUT2D eigenvalue weighted by Gasteiger charge is -2.30. The van der Waals surface area contributed by atoms with Crippen LogP contribution in [0.1, 0.15) is 40.1 Å². The standard InChI is InChI=1S/C27H29ClN4O3/c1-18(2)32-17-22(16-31(3)15-19-7-9-20(28)10-8-19)35-25-23(5-4-6-24(25)27(32)34)26(33)30-21-11-13-29-14-12-21/h4-14,18,22H,15-17H2,1-3H3,(H,29,30,33)/t22-/m1/s1. The van der Waals surface area contributed by atoms with Crippen LogP contribution < -0.4 is 10.1 Å². The number of amides is 2. The summed E-state index contributed by atoms with van der Waals surface area (Å²) in [5.74, 6) is -0.166. The molecule has 3 aromatic rings. The molecule has 182 valence electrons. The fourth-order valence-electron chi connectivity index (χ4n) is 4.16. The van der Waals surface area contributed by atoms with Gasteiger partial charge in [0.1, 0.15) is 11.9 Å². The van der Waals surface area contributed by atoms with Gasteiger partial charge < -0.3 is 15.0 Å². The van der Waals surface area contributed by atoms with E-state index in [4.69, 9.17) is 16.3 Å². The molecule has 0 fully saturated rings. The SMILES string of the molecule is CC(C)N1C[C@@H](CN(C)Cc2ccc(Cl)cc2)Oc2c(C(=O)Nc3ccncc3)cccc2C1=O. The highest BCUT2D eigenvalue weighted by Gasteiger charge is 2.33. The fraction of sp³-hybridized carbons (Fsp3) is 0.296. The first-order valence-corrected chi connectivity index (χ1v) is 11.9. The van der Waals surface area contributed by atoms with E-state index in [9.17, 15) is 9.59 Å². The Kier molecular flexibility index (Phi) is 7.68. The van der Waals surface area contributed by atoms with Gasteiger partial charge in [0, 0.05) is 42.2 Å². The van der Waals surface area contributed by atoms with E-state index in [0.717, 1.165) is 5.56 Å². The van der Waals surface area contributed by atoms with Crippen molar-refractivity contribution in [2.45, 2.75) is 32.5 Å². The summed E-state index contributed by atoms with van der Waals surface area (Å²) in [4.78, 5) is 34.5. The zero-order valence-corrected chi connectivity index (χ0v) is 20.8. The average Bonchev–Trinajstić information content (AvgIpc) is 2.97. The number of para-hydroxylation sites is 1. The van der Waals surface area contributed by atoms with Gasteiger partial charge in [0.05, 0.1) is 17.7 Å². The van der Waals surface area contributed by atoms with Gasteiger partial charge >= 0.3 is 0 Å². The molecule has 8 heteroatoms. The van der Waals surface area contributed by atoms with Gasteiger partial charge in [-0.3, -0.25) is 19.5 Å². The molecule has 35 heavy (non-hydrogen) atoms. The van der Waals surface area contributed by atoms with Crippen LogP contribution in [0.4, 0.5) is 5.69 Å². The van der Waals surface area contributed by atoms with Crippen molar-refractivity contribution in [2.75, 3.05) is 25.5 Å². The van der Waals surface area contributed by atoms with Gasteiger partial charge in [-0.2, -0.15) is 0 Å². The molecule has 0 unspecified atom stereocenters. The summed E-state index contributed by atoms with van der Waals surface area (Å²) in [7, 11) is 2.01. The first kappa shape index (κ1) is 24.7. The second-order valence-electron chi connectivity index (χ2n) is 8.99. The third-order valence-electron chi connectivity index (χ3n) is 5.88. The summed E-state index contributed by atoms with van der Waals surface area (Å²) in [6.45, 7) is 5.65. The molecule has 0 aliphatic carbocycles. The van der Waals surface area contributed by atoms with E-state index in [1.54, 1.807) is 47.6 Å². The molecular formula is C27H29ClN4O3. The number of hydrogen-bond donors (Lipinski definition) is 1. The lowest BCUT2D eigenvalue weighted by atomic mass is 10.1. The normalized spacial score (nSPS) is 15.5. The van der Waals surface area contributed by atoms with E-state index in [1.807, 2.05) is 45.2 Å². The first-order valence-electron chi connectivity index (χ1n) is 11.6. The number of pyridine rings is 1. The molecule has 0 radical (unpaired) electrons. The Morgan fingerprint density at radius 2 is 1.89 bits per heavy atom. The van der Waals surface area contributed by atoms with Crippen molar-refractivity contribution in [1.29, 1.82) is 0 Å². The van der Waals surface area contributed by atoms with E-state index in [2.05, 4.69) is 15.2 Å². The van der Waals surface area contributed by atoms with Gasteiger partial charge in [0.2, 0.25) is 0 Å². The molecule has 4 rings (SSSR count). The van der Waals surface area contributed by atoms with Gasteiger partial charge in [-0.1, -0.05) is 29.8 Å². The largest absolute Gasteiger partial charge is 0.486 e. The van der Waals surface area contributed by atoms with Crippen LogP contribution in [0.3, 0.4) is 0 Å². The van der Waals surface area contributed by atoms with Crippen LogP contribution in [0.5, 0.6) is 5.75 Å². The van der Waals surface area contributed by atoms with Crippen molar-refractivity contribution >= 4 is 29.1 Å². The number of nitrogens with one attached hydrogen (secondary N) is 1.